The van der Waals surface area contributed by atoms with Gasteiger partial charge in [0.25, 0.3) is 5.91 Å². The summed E-state index contributed by atoms with van der Waals surface area (Å²) in [6, 6.07) is 1.08. The average molecular weight is 286 g/mol. The summed E-state index contributed by atoms with van der Waals surface area (Å²) in [6.07, 6.45) is 0.965. The van der Waals surface area contributed by atoms with Crippen LogP contribution < -0.4 is 0 Å². The number of hydrogen-bond donors (Lipinski definition) is 0. The van der Waals surface area contributed by atoms with E-state index >= 15 is 0 Å². The van der Waals surface area contributed by atoms with Gasteiger partial charge in [-0.3, -0.25) is 9.59 Å². The van der Waals surface area contributed by atoms with Crippen molar-refractivity contribution in [3.8, 4) is 0 Å². The van der Waals surface area contributed by atoms with Crippen LogP contribution in [0.3, 0.4) is 0 Å². The van der Waals surface area contributed by atoms with Crippen molar-refractivity contribution in [3.63, 3.8) is 0 Å². The molecule has 5 nitrogen and oxygen atoms in total. The molecular weight excluding hydrogens is 273 g/mol. The van der Waals surface area contributed by atoms with Crippen LogP contribution in [0, 0.1) is 5.82 Å². The highest BCUT2D eigenvalue weighted by Gasteiger charge is 2.25. The third kappa shape index (κ3) is 3.01. The Kier molecular flexibility index (Phi) is 3.99. The first-order chi connectivity index (χ1) is 8.99. The van der Waals surface area contributed by atoms with Gasteiger partial charge in [0.1, 0.15) is 11.0 Å². The standard InChI is InChI=1S/C12H13ClFN3O2/c1-8(18)16-2-4-17(5-3-16)12(19)10-6-9(14)7-15-11(10)13/h6-7H,2-5H2,1H3. The molecule has 0 spiro atoms. The zero-order chi connectivity index (χ0) is 14.0. The number of amides is 2. The van der Waals surface area contributed by atoms with Crippen LogP contribution in [0.25, 0.3) is 0 Å². The first-order valence-electron chi connectivity index (χ1n) is 5.85. The van der Waals surface area contributed by atoms with Crippen LogP contribution in [0.5, 0.6) is 0 Å². The Balaban J connectivity index is 2.09. The zero-order valence-electron chi connectivity index (χ0n) is 10.4. The fourth-order valence-corrected chi connectivity index (χ4v) is 2.15. The minimum absolute atomic E-state index is 0.0135. The van der Waals surface area contributed by atoms with Crippen molar-refractivity contribution in [2.24, 2.45) is 0 Å². The van der Waals surface area contributed by atoms with Crippen LogP contribution in [-0.4, -0.2) is 52.8 Å². The molecule has 2 rings (SSSR count). The first kappa shape index (κ1) is 13.7. The molecule has 2 heterocycles. The van der Waals surface area contributed by atoms with E-state index in [1.807, 2.05) is 0 Å². The molecule has 1 aliphatic heterocycles. The largest absolute Gasteiger partial charge is 0.339 e. The predicted octanol–water partition coefficient (Wildman–Crippen LogP) is 1.18. The molecule has 0 N–H and O–H groups in total. The van der Waals surface area contributed by atoms with Crippen LogP contribution in [-0.2, 0) is 4.79 Å². The predicted molar refractivity (Wildman–Crippen MR) is 67.4 cm³/mol. The van der Waals surface area contributed by atoms with Gasteiger partial charge in [-0.1, -0.05) is 11.6 Å². The summed E-state index contributed by atoms with van der Waals surface area (Å²) in [5.74, 6) is -0.979. The second-order valence-corrected chi connectivity index (χ2v) is 4.65. The summed E-state index contributed by atoms with van der Waals surface area (Å²) in [5.41, 5.74) is 0.0536. The van der Waals surface area contributed by atoms with Gasteiger partial charge in [-0.15, -0.1) is 0 Å². The lowest BCUT2D eigenvalue weighted by molar-refractivity contribution is -0.130. The lowest BCUT2D eigenvalue weighted by atomic mass is 10.2. The Morgan fingerprint density at radius 3 is 2.42 bits per heavy atom. The topological polar surface area (TPSA) is 53.5 Å². The maximum Gasteiger partial charge on any atom is 0.257 e. The number of halogens is 2. The summed E-state index contributed by atoms with van der Waals surface area (Å²) in [5, 5.41) is -0.0135. The Labute approximate surface area is 115 Å². The molecule has 0 unspecified atom stereocenters. The minimum atomic E-state index is -0.602. The molecule has 7 heteroatoms. The van der Waals surface area contributed by atoms with Crippen LogP contribution in [0.2, 0.25) is 5.15 Å². The summed E-state index contributed by atoms with van der Waals surface area (Å²) < 4.78 is 13.1. The number of carbonyl (C=O) groups excluding carboxylic acids is 2. The second kappa shape index (κ2) is 5.52. The SMILES string of the molecule is CC(=O)N1CCN(C(=O)c2cc(F)cnc2Cl)CC1. The number of pyridine rings is 1. The van der Waals surface area contributed by atoms with Gasteiger partial charge in [0.15, 0.2) is 0 Å². The fourth-order valence-electron chi connectivity index (χ4n) is 1.97. The van der Waals surface area contributed by atoms with E-state index < -0.39 is 5.82 Å². The zero-order valence-corrected chi connectivity index (χ0v) is 11.2. The van der Waals surface area contributed by atoms with Crippen LogP contribution in [0.4, 0.5) is 4.39 Å². The van der Waals surface area contributed by atoms with Crippen molar-refractivity contribution in [3.05, 3.63) is 28.8 Å². The van der Waals surface area contributed by atoms with Crippen molar-refractivity contribution in [1.82, 2.24) is 14.8 Å². The quantitative estimate of drug-likeness (QED) is 0.728. The van der Waals surface area contributed by atoms with Gasteiger partial charge in [-0.2, -0.15) is 0 Å². The molecule has 0 radical (unpaired) electrons. The fraction of sp³-hybridized carbons (Fsp3) is 0.417. The van der Waals surface area contributed by atoms with E-state index in [0.29, 0.717) is 26.2 Å². The van der Waals surface area contributed by atoms with Crippen molar-refractivity contribution >= 4 is 23.4 Å². The van der Waals surface area contributed by atoms with Gasteiger partial charge in [-0.05, 0) is 6.07 Å². The number of nitrogens with zero attached hydrogens (tertiary/aromatic N) is 3. The lowest BCUT2D eigenvalue weighted by Gasteiger charge is -2.34. The van der Waals surface area contributed by atoms with E-state index in [-0.39, 0.29) is 22.5 Å². The third-order valence-electron chi connectivity index (χ3n) is 3.05. The number of hydrogen-bond acceptors (Lipinski definition) is 3. The van der Waals surface area contributed by atoms with Gasteiger partial charge >= 0.3 is 0 Å². The Hall–Kier alpha value is -1.69. The molecule has 1 aromatic heterocycles. The van der Waals surface area contributed by atoms with Crippen LogP contribution >= 0.6 is 11.6 Å². The maximum absolute atomic E-state index is 13.1. The summed E-state index contributed by atoms with van der Waals surface area (Å²) in [6.45, 7) is 3.25. The number of piperazine rings is 1. The van der Waals surface area contributed by atoms with Gasteiger partial charge in [-0.25, -0.2) is 9.37 Å². The van der Waals surface area contributed by atoms with Gasteiger partial charge in [0.2, 0.25) is 5.91 Å². The normalized spacial score (nSPS) is 15.5. The maximum atomic E-state index is 13.1. The smallest absolute Gasteiger partial charge is 0.257 e. The van der Waals surface area contributed by atoms with Crippen molar-refractivity contribution in [1.29, 1.82) is 0 Å². The Morgan fingerprint density at radius 2 is 1.84 bits per heavy atom. The molecule has 0 aromatic carbocycles. The third-order valence-corrected chi connectivity index (χ3v) is 3.35. The molecule has 0 atom stereocenters. The highest BCUT2D eigenvalue weighted by Crippen LogP contribution is 2.17. The number of aromatic nitrogens is 1. The highest BCUT2D eigenvalue weighted by molar-refractivity contribution is 6.32. The van der Waals surface area contributed by atoms with E-state index in [2.05, 4.69) is 4.98 Å². The van der Waals surface area contributed by atoms with E-state index in [4.69, 9.17) is 11.6 Å². The number of carbonyl (C=O) groups is 2. The van der Waals surface area contributed by atoms with Crippen LogP contribution in [0.1, 0.15) is 17.3 Å². The molecular formula is C12H13ClFN3O2. The van der Waals surface area contributed by atoms with E-state index in [1.54, 1.807) is 9.80 Å². The summed E-state index contributed by atoms with van der Waals surface area (Å²) >= 11 is 5.80. The molecule has 1 aromatic rings. The van der Waals surface area contributed by atoms with E-state index in [0.717, 1.165) is 12.3 Å². The minimum Gasteiger partial charge on any atom is -0.339 e. The Bertz CT molecular complexity index is 516. The van der Waals surface area contributed by atoms with E-state index in [1.165, 1.54) is 6.92 Å². The molecule has 0 saturated carbocycles. The molecule has 1 saturated heterocycles. The molecule has 1 fully saturated rings. The van der Waals surface area contributed by atoms with Crippen molar-refractivity contribution < 1.29 is 14.0 Å². The molecule has 0 aliphatic carbocycles. The first-order valence-corrected chi connectivity index (χ1v) is 6.22. The monoisotopic (exact) mass is 285 g/mol. The molecule has 2 amide bonds. The van der Waals surface area contributed by atoms with Crippen molar-refractivity contribution in [2.45, 2.75) is 6.92 Å². The molecule has 1 aliphatic rings. The highest BCUT2D eigenvalue weighted by atomic mass is 35.5. The van der Waals surface area contributed by atoms with Gasteiger partial charge < -0.3 is 9.80 Å². The molecule has 102 valence electrons. The number of rotatable bonds is 1. The summed E-state index contributed by atoms with van der Waals surface area (Å²) in [4.78, 5) is 30.2. The van der Waals surface area contributed by atoms with Crippen LogP contribution in [0.15, 0.2) is 12.3 Å². The second-order valence-electron chi connectivity index (χ2n) is 4.29. The van der Waals surface area contributed by atoms with Crippen molar-refractivity contribution in [2.75, 3.05) is 26.2 Å². The molecule has 0 bridgehead atoms. The summed E-state index contributed by atoms with van der Waals surface area (Å²) in [7, 11) is 0. The lowest BCUT2D eigenvalue weighted by Crippen LogP contribution is -2.50. The van der Waals surface area contributed by atoms with Gasteiger partial charge in [0.05, 0.1) is 11.8 Å². The van der Waals surface area contributed by atoms with Gasteiger partial charge in [0, 0.05) is 33.1 Å². The van der Waals surface area contributed by atoms with E-state index in [9.17, 15) is 14.0 Å². The Morgan fingerprint density at radius 1 is 1.26 bits per heavy atom. The average Bonchev–Trinajstić information content (AvgIpc) is 2.41. The molecule has 19 heavy (non-hydrogen) atoms.